The predicted molar refractivity (Wildman–Crippen MR) is 54.9 cm³/mol. The van der Waals surface area contributed by atoms with Gasteiger partial charge in [0.1, 0.15) is 5.82 Å². The molecule has 0 unspecified atom stereocenters. The van der Waals surface area contributed by atoms with E-state index < -0.39 is 0 Å². The first-order chi connectivity index (χ1) is 6.29. The van der Waals surface area contributed by atoms with E-state index in [1.807, 2.05) is 0 Å². The van der Waals surface area contributed by atoms with Gasteiger partial charge in [-0.2, -0.15) is 0 Å². The number of hydrogen-bond acceptors (Lipinski definition) is 3. The van der Waals surface area contributed by atoms with Crippen molar-refractivity contribution in [2.75, 3.05) is 24.2 Å². The monoisotopic (exact) mass is 177 g/mol. The van der Waals surface area contributed by atoms with Gasteiger partial charge in [-0.05, 0) is 25.3 Å². The first-order valence-corrected chi connectivity index (χ1v) is 4.73. The van der Waals surface area contributed by atoms with Gasteiger partial charge in [-0.15, -0.1) is 0 Å². The summed E-state index contributed by atoms with van der Waals surface area (Å²) in [4.78, 5) is 6.38. The topological polar surface area (TPSA) is 42.2 Å². The van der Waals surface area contributed by atoms with Crippen LogP contribution in [0.3, 0.4) is 0 Å². The molecule has 2 heterocycles. The van der Waals surface area contributed by atoms with Crippen LogP contribution in [0.1, 0.15) is 18.4 Å². The first-order valence-electron chi connectivity index (χ1n) is 4.73. The van der Waals surface area contributed by atoms with Crippen molar-refractivity contribution in [3.63, 3.8) is 0 Å². The van der Waals surface area contributed by atoms with Gasteiger partial charge >= 0.3 is 0 Å². The zero-order valence-corrected chi connectivity index (χ0v) is 7.95. The maximum absolute atomic E-state index is 5.84. The van der Waals surface area contributed by atoms with Crippen LogP contribution in [0.5, 0.6) is 0 Å². The molecule has 0 aromatic carbocycles. The van der Waals surface area contributed by atoms with E-state index >= 15 is 0 Å². The summed E-state index contributed by atoms with van der Waals surface area (Å²) in [5, 5.41) is 0. The van der Waals surface area contributed by atoms with Gasteiger partial charge in [0.05, 0.1) is 0 Å². The molecule has 0 atom stereocenters. The van der Waals surface area contributed by atoms with Crippen LogP contribution in [-0.2, 0) is 6.42 Å². The Labute approximate surface area is 78.6 Å². The Bertz CT molecular complexity index is 309. The van der Waals surface area contributed by atoms with Gasteiger partial charge < -0.3 is 10.6 Å². The van der Waals surface area contributed by atoms with E-state index in [0.717, 1.165) is 13.0 Å². The number of nitrogen functional groups attached to an aromatic ring is 1. The highest BCUT2D eigenvalue weighted by Gasteiger charge is 2.14. The molecule has 0 saturated heterocycles. The van der Waals surface area contributed by atoms with Gasteiger partial charge in [-0.3, -0.25) is 0 Å². The van der Waals surface area contributed by atoms with Crippen LogP contribution in [0.25, 0.3) is 0 Å². The van der Waals surface area contributed by atoms with Crippen LogP contribution < -0.4 is 10.6 Å². The Morgan fingerprint density at radius 3 is 3.15 bits per heavy atom. The number of aromatic nitrogens is 1. The smallest absolute Gasteiger partial charge is 0.128 e. The summed E-state index contributed by atoms with van der Waals surface area (Å²) in [7, 11) is 2.11. The average Bonchev–Trinajstić information content (AvgIpc) is 2.30. The molecule has 0 saturated carbocycles. The molecular formula is C10H15N3. The minimum atomic E-state index is 0.700. The minimum absolute atomic E-state index is 0.700. The summed E-state index contributed by atoms with van der Waals surface area (Å²) in [5.41, 5.74) is 8.31. The Balaban J connectivity index is 2.47. The van der Waals surface area contributed by atoms with E-state index in [4.69, 9.17) is 5.73 Å². The Kier molecular flexibility index (Phi) is 2.08. The van der Waals surface area contributed by atoms with E-state index in [1.165, 1.54) is 24.1 Å². The number of hydrogen-bond donors (Lipinski definition) is 1. The fourth-order valence-corrected chi connectivity index (χ4v) is 1.88. The number of rotatable bonds is 0. The largest absolute Gasteiger partial charge is 0.383 e. The molecule has 3 nitrogen and oxygen atoms in total. The molecule has 0 amide bonds. The highest BCUT2D eigenvalue weighted by molar-refractivity contribution is 5.61. The molecule has 2 rings (SSSR count). The Hall–Kier alpha value is -1.25. The quantitative estimate of drug-likeness (QED) is 0.652. The van der Waals surface area contributed by atoms with Crippen LogP contribution in [0, 0.1) is 0 Å². The molecule has 0 spiro atoms. The normalized spacial score (nSPS) is 16.5. The van der Waals surface area contributed by atoms with E-state index in [-0.39, 0.29) is 0 Å². The molecule has 1 aliphatic rings. The van der Waals surface area contributed by atoms with E-state index in [9.17, 15) is 0 Å². The maximum Gasteiger partial charge on any atom is 0.128 e. The van der Waals surface area contributed by atoms with Gasteiger partial charge in [0.2, 0.25) is 0 Å². The minimum Gasteiger partial charge on any atom is -0.383 e. The molecule has 0 aliphatic carbocycles. The van der Waals surface area contributed by atoms with Crippen LogP contribution in [0.2, 0.25) is 0 Å². The standard InChI is InChI=1S/C10H15N3/c1-13-7-3-2-4-8-9(13)5-6-12-10(8)11/h5-6H,2-4,7H2,1H3,(H2,11,12). The van der Waals surface area contributed by atoms with Crippen LogP contribution in [0.4, 0.5) is 11.5 Å². The number of nitrogens with zero attached hydrogens (tertiary/aromatic N) is 2. The number of fused-ring (bicyclic) bond motifs is 1. The average molecular weight is 177 g/mol. The molecule has 1 aromatic rings. The van der Waals surface area contributed by atoms with Crippen molar-refractivity contribution in [2.24, 2.45) is 0 Å². The summed E-state index contributed by atoms with van der Waals surface area (Å²) < 4.78 is 0. The molecule has 13 heavy (non-hydrogen) atoms. The zero-order chi connectivity index (χ0) is 9.26. The second-order valence-electron chi connectivity index (χ2n) is 3.57. The summed E-state index contributed by atoms with van der Waals surface area (Å²) in [6, 6.07) is 2.05. The van der Waals surface area contributed by atoms with Crippen molar-refractivity contribution < 1.29 is 0 Å². The van der Waals surface area contributed by atoms with Crippen LogP contribution in [-0.4, -0.2) is 18.6 Å². The lowest BCUT2D eigenvalue weighted by Crippen LogP contribution is -2.18. The van der Waals surface area contributed by atoms with Gasteiger partial charge in [0, 0.05) is 31.0 Å². The summed E-state index contributed by atoms with van der Waals surface area (Å²) in [5.74, 6) is 0.700. The third-order valence-electron chi connectivity index (χ3n) is 2.65. The lowest BCUT2D eigenvalue weighted by Gasteiger charge is -2.19. The molecule has 0 bridgehead atoms. The van der Waals surface area contributed by atoms with E-state index in [2.05, 4.69) is 23.0 Å². The van der Waals surface area contributed by atoms with Crippen molar-refractivity contribution >= 4 is 11.5 Å². The Morgan fingerprint density at radius 1 is 1.46 bits per heavy atom. The first kappa shape index (κ1) is 8.35. The third-order valence-corrected chi connectivity index (χ3v) is 2.65. The summed E-state index contributed by atoms with van der Waals surface area (Å²) in [6.07, 6.45) is 5.31. The fraction of sp³-hybridized carbons (Fsp3) is 0.500. The molecule has 3 heteroatoms. The summed E-state index contributed by atoms with van der Waals surface area (Å²) in [6.45, 7) is 1.12. The molecule has 0 radical (unpaired) electrons. The fourth-order valence-electron chi connectivity index (χ4n) is 1.88. The van der Waals surface area contributed by atoms with Crippen molar-refractivity contribution in [1.29, 1.82) is 0 Å². The van der Waals surface area contributed by atoms with E-state index in [1.54, 1.807) is 6.20 Å². The molecule has 2 N–H and O–H groups in total. The van der Waals surface area contributed by atoms with Gasteiger partial charge in [-0.1, -0.05) is 0 Å². The molecule has 0 fully saturated rings. The SMILES string of the molecule is CN1CCCCc2c1ccnc2N. The third kappa shape index (κ3) is 1.46. The Morgan fingerprint density at radius 2 is 2.31 bits per heavy atom. The summed E-state index contributed by atoms with van der Waals surface area (Å²) >= 11 is 0. The second-order valence-corrected chi connectivity index (χ2v) is 3.57. The lowest BCUT2D eigenvalue weighted by atomic mass is 10.1. The van der Waals surface area contributed by atoms with Crippen molar-refractivity contribution in [2.45, 2.75) is 19.3 Å². The molecule has 70 valence electrons. The van der Waals surface area contributed by atoms with Gasteiger partial charge in [0.25, 0.3) is 0 Å². The molecule has 1 aromatic heterocycles. The number of anilines is 2. The highest BCUT2D eigenvalue weighted by Crippen LogP contribution is 2.27. The second kappa shape index (κ2) is 3.24. The maximum atomic E-state index is 5.84. The highest BCUT2D eigenvalue weighted by atomic mass is 15.1. The van der Waals surface area contributed by atoms with Crippen molar-refractivity contribution in [3.8, 4) is 0 Å². The number of nitrogens with two attached hydrogens (primary N) is 1. The van der Waals surface area contributed by atoms with Crippen LogP contribution in [0.15, 0.2) is 12.3 Å². The number of pyridine rings is 1. The van der Waals surface area contributed by atoms with Crippen molar-refractivity contribution in [3.05, 3.63) is 17.8 Å². The zero-order valence-electron chi connectivity index (χ0n) is 7.95. The van der Waals surface area contributed by atoms with Gasteiger partial charge in [0.15, 0.2) is 0 Å². The lowest BCUT2D eigenvalue weighted by molar-refractivity contribution is 0.750. The van der Waals surface area contributed by atoms with Gasteiger partial charge in [-0.25, -0.2) is 4.98 Å². The predicted octanol–water partition coefficient (Wildman–Crippen LogP) is 1.44. The molecular weight excluding hydrogens is 162 g/mol. The van der Waals surface area contributed by atoms with E-state index in [0.29, 0.717) is 5.82 Å². The molecule has 1 aliphatic heterocycles. The van der Waals surface area contributed by atoms with Crippen LogP contribution >= 0.6 is 0 Å². The van der Waals surface area contributed by atoms with Crippen molar-refractivity contribution in [1.82, 2.24) is 4.98 Å².